The SMILES string of the molecule is CC(=O)OC(CC(C(C)C)N(C)C(=O)C(NC(=O)[C@H]1CC(=O)CCN1C)C(C)C)c1nc(C(=O)NC(Cc2ccccc2)CC(C)C(=O)O)c(C(C)C)s1. The van der Waals surface area contributed by atoms with Gasteiger partial charge in [0.2, 0.25) is 11.8 Å². The number of carboxylic acids is 1. The lowest BCUT2D eigenvalue weighted by Crippen LogP contribution is -2.58. The summed E-state index contributed by atoms with van der Waals surface area (Å²) < 4.78 is 5.85. The van der Waals surface area contributed by atoms with Crippen LogP contribution < -0.4 is 10.6 Å². The number of carboxylic acid groups (broad SMARTS) is 1. The maximum Gasteiger partial charge on any atom is 0.306 e. The number of nitrogens with one attached hydrogen (secondary N) is 2. The van der Waals surface area contributed by atoms with E-state index in [1.54, 1.807) is 25.9 Å². The molecule has 14 heteroatoms. The van der Waals surface area contributed by atoms with Crippen molar-refractivity contribution in [2.24, 2.45) is 17.8 Å². The highest BCUT2D eigenvalue weighted by molar-refractivity contribution is 7.12. The summed E-state index contributed by atoms with van der Waals surface area (Å²) in [4.78, 5) is 86.8. The minimum absolute atomic E-state index is 0.0115. The Bertz CT molecular complexity index is 1630. The van der Waals surface area contributed by atoms with Crippen LogP contribution in [-0.2, 0) is 35.1 Å². The lowest BCUT2D eigenvalue weighted by Gasteiger charge is -2.37. The van der Waals surface area contributed by atoms with Crippen LogP contribution in [0.3, 0.4) is 0 Å². The molecule has 1 fully saturated rings. The molecule has 6 atom stereocenters. The number of likely N-dealkylation sites (tertiary alicyclic amines) is 1. The normalized spacial score (nSPS) is 17.8. The average molecular weight is 770 g/mol. The first-order valence-electron chi connectivity index (χ1n) is 18.8. The van der Waals surface area contributed by atoms with Crippen LogP contribution in [-0.4, -0.2) is 100 Å². The number of hydrogen-bond donors (Lipinski definition) is 3. The predicted molar refractivity (Wildman–Crippen MR) is 207 cm³/mol. The largest absolute Gasteiger partial charge is 0.481 e. The number of nitrogens with zero attached hydrogens (tertiary/aromatic N) is 3. The predicted octanol–water partition coefficient (Wildman–Crippen LogP) is 5.00. The molecule has 0 bridgehead atoms. The monoisotopic (exact) mass is 769 g/mol. The molecule has 1 aliphatic rings. The number of thiazole rings is 1. The fourth-order valence-corrected chi connectivity index (χ4v) is 7.89. The zero-order chi connectivity index (χ0) is 40.4. The molecule has 1 aromatic heterocycles. The summed E-state index contributed by atoms with van der Waals surface area (Å²) in [5.41, 5.74) is 1.13. The van der Waals surface area contributed by atoms with Gasteiger partial charge in [0, 0.05) is 56.7 Å². The number of likely N-dealkylation sites (N-methyl/N-ethyl adjacent to an activating group) is 2. The van der Waals surface area contributed by atoms with E-state index < -0.39 is 54.0 Å². The van der Waals surface area contributed by atoms with Crippen LogP contribution in [0.1, 0.15) is 119 Å². The minimum atomic E-state index is -0.955. The molecule has 2 aromatic rings. The van der Waals surface area contributed by atoms with Gasteiger partial charge in [0.25, 0.3) is 5.91 Å². The van der Waals surface area contributed by atoms with Crippen LogP contribution in [0, 0.1) is 17.8 Å². The maximum absolute atomic E-state index is 14.1. The number of hydrogen-bond acceptors (Lipinski definition) is 10. The number of carbonyl (C=O) groups excluding carboxylic acids is 5. The molecule has 3 amide bonds. The van der Waals surface area contributed by atoms with E-state index in [1.807, 2.05) is 76.8 Å². The van der Waals surface area contributed by atoms with Crippen LogP contribution in [0.25, 0.3) is 0 Å². The Kier molecular flexibility index (Phi) is 16.3. The van der Waals surface area contributed by atoms with E-state index in [2.05, 4.69) is 10.6 Å². The Balaban J connectivity index is 1.91. The van der Waals surface area contributed by atoms with E-state index in [4.69, 9.17) is 9.72 Å². The fourth-order valence-electron chi connectivity index (χ4n) is 6.78. The molecular formula is C40H59N5O8S. The molecule has 13 nitrogen and oxygen atoms in total. The van der Waals surface area contributed by atoms with E-state index in [0.29, 0.717) is 29.3 Å². The van der Waals surface area contributed by atoms with Gasteiger partial charge in [0.1, 0.15) is 22.5 Å². The molecule has 0 saturated carbocycles. The first-order valence-corrected chi connectivity index (χ1v) is 19.7. The molecule has 3 N–H and O–H groups in total. The Morgan fingerprint density at radius 1 is 1.00 bits per heavy atom. The summed E-state index contributed by atoms with van der Waals surface area (Å²) in [6, 6.07) is 7.06. The van der Waals surface area contributed by atoms with Gasteiger partial charge in [-0.05, 0) is 43.2 Å². The van der Waals surface area contributed by atoms with Gasteiger partial charge in [-0.25, -0.2) is 4.98 Å². The number of piperidine rings is 1. The molecule has 1 saturated heterocycles. The highest BCUT2D eigenvalue weighted by Crippen LogP contribution is 2.36. The number of Topliss-reactive ketones (excluding diaryl/α,β-unsaturated/α-hetero) is 1. The van der Waals surface area contributed by atoms with Crippen molar-refractivity contribution in [2.45, 2.75) is 124 Å². The Morgan fingerprint density at radius 3 is 2.20 bits per heavy atom. The Morgan fingerprint density at radius 2 is 1.65 bits per heavy atom. The molecule has 1 aromatic carbocycles. The summed E-state index contributed by atoms with van der Waals surface area (Å²) in [6.45, 7) is 14.9. The highest BCUT2D eigenvalue weighted by atomic mass is 32.1. The Labute approximate surface area is 323 Å². The second-order valence-electron chi connectivity index (χ2n) is 15.6. The second kappa shape index (κ2) is 19.9. The van der Waals surface area contributed by atoms with Crippen molar-refractivity contribution in [2.75, 3.05) is 20.6 Å². The number of ketones is 1. The topological polar surface area (TPSA) is 175 Å². The van der Waals surface area contributed by atoms with Crippen molar-refractivity contribution in [3.8, 4) is 0 Å². The van der Waals surface area contributed by atoms with Gasteiger partial charge < -0.3 is 25.4 Å². The van der Waals surface area contributed by atoms with Gasteiger partial charge in [-0.1, -0.05) is 78.8 Å². The van der Waals surface area contributed by atoms with Gasteiger partial charge in [-0.15, -0.1) is 11.3 Å². The van der Waals surface area contributed by atoms with Crippen molar-refractivity contribution in [3.63, 3.8) is 0 Å². The third kappa shape index (κ3) is 12.2. The molecule has 5 unspecified atom stereocenters. The van der Waals surface area contributed by atoms with Crippen LogP contribution in [0.2, 0.25) is 0 Å². The first-order chi connectivity index (χ1) is 25.3. The molecule has 0 aliphatic carbocycles. The van der Waals surface area contributed by atoms with E-state index in [9.17, 15) is 33.9 Å². The lowest BCUT2D eigenvalue weighted by molar-refractivity contribution is -0.149. The zero-order valence-electron chi connectivity index (χ0n) is 33.4. The molecular weight excluding hydrogens is 711 g/mol. The van der Waals surface area contributed by atoms with E-state index >= 15 is 0 Å². The third-order valence-corrected chi connectivity index (χ3v) is 11.5. The van der Waals surface area contributed by atoms with Crippen molar-refractivity contribution < 1.29 is 38.6 Å². The van der Waals surface area contributed by atoms with Gasteiger partial charge in [0.15, 0.2) is 6.10 Å². The number of benzene rings is 1. The summed E-state index contributed by atoms with van der Waals surface area (Å²) in [6.07, 6.45) is 0.408. The minimum Gasteiger partial charge on any atom is -0.481 e. The zero-order valence-corrected chi connectivity index (χ0v) is 34.2. The summed E-state index contributed by atoms with van der Waals surface area (Å²) in [5.74, 6) is -3.80. The number of ether oxygens (including phenoxy) is 1. The van der Waals surface area contributed by atoms with Crippen LogP contribution >= 0.6 is 11.3 Å². The molecule has 0 radical (unpaired) electrons. The quantitative estimate of drug-likeness (QED) is 0.175. The molecule has 298 valence electrons. The first kappa shape index (κ1) is 44.2. The van der Waals surface area contributed by atoms with Crippen molar-refractivity contribution in [1.82, 2.24) is 25.4 Å². The number of aromatic nitrogens is 1. The standard InChI is InChI=1S/C40H59N5O8S/c1-22(2)30(45(10)39(50)33(23(3)4)42-36(48)31-20-29(47)16-17-44(31)9)21-32(53-26(8)46)38-43-34(35(54-38)24(5)6)37(49)41-28(18-25(7)40(51)52)19-27-14-12-11-13-15-27/h11-15,22-25,28,30-33H,16-21H2,1-10H3,(H,41,49)(H,42,48)(H,51,52)/t25?,28?,30?,31-,32?,33?/m1/s1. The Hall–Kier alpha value is -4.17. The van der Waals surface area contributed by atoms with Gasteiger partial charge >= 0.3 is 11.9 Å². The van der Waals surface area contributed by atoms with Crippen LogP contribution in [0.5, 0.6) is 0 Å². The smallest absolute Gasteiger partial charge is 0.306 e. The second-order valence-corrected chi connectivity index (χ2v) is 16.6. The van der Waals surface area contributed by atoms with Crippen molar-refractivity contribution in [3.05, 3.63) is 51.5 Å². The van der Waals surface area contributed by atoms with Crippen LogP contribution in [0.4, 0.5) is 0 Å². The molecule has 2 heterocycles. The van der Waals surface area contributed by atoms with Crippen LogP contribution in [0.15, 0.2) is 30.3 Å². The van der Waals surface area contributed by atoms with E-state index in [-0.39, 0.29) is 60.3 Å². The van der Waals surface area contributed by atoms with Crippen molar-refractivity contribution >= 4 is 46.8 Å². The fraction of sp³-hybridized carbons (Fsp3) is 0.625. The average Bonchev–Trinajstić information content (AvgIpc) is 3.55. The molecule has 1 aliphatic heterocycles. The van der Waals surface area contributed by atoms with Gasteiger partial charge in [-0.2, -0.15) is 0 Å². The van der Waals surface area contributed by atoms with Crippen molar-refractivity contribution in [1.29, 1.82) is 0 Å². The van der Waals surface area contributed by atoms with E-state index in [1.165, 1.54) is 18.3 Å². The number of amides is 3. The number of rotatable bonds is 18. The molecule has 54 heavy (non-hydrogen) atoms. The number of aliphatic carboxylic acids is 1. The summed E-state index contributed by atoms with van der Waals surface area (Å²) >= 11 is 1.27. The lowest BCUT2D eigenvalue weighted by atomic mass is 9.94. The van der Waals surface area contributed by atoms with Gasteiger partial charge in [0.05, 0.1) is 12.0 Å². The number of carbonyl (C=O) groups is 6. The highest BCUT2D eigenvalue weighted by Gasteiger charge is 2.38. The van der Waals surface area contributed by atoms with Gasteiger partial charge in [-0.3, -0.25) is 33.7 Å². The molecule has 3 rings (SSSR count). The third-order valence-electron chi connectivity index (χ3n) is 10.0. The maximum atomic E-state index is 14.1. The summed E-state index contributed by atoms with van der Waals surface area (Å²) in [7, 11) is 3.46. The van der Waals surface area contributed by atoms with E-state index in [0.717, 1.165) is 5.56 Å². The summed E-state index contributed by atoms with van der Waals surface area (Å²) in [5, 5.41) is 16.0. The molecule has 0 spiro atoms. The number of esters is 1.